The predicted octanol–water partition coefficient (Wildman–Crippen LogP) is 3.58. The van der Waals surface area contributed by atoms with Crippen LogP contribution in [0, 0.1) is 0 Å². The van der Waals surface area contributed by atoms with Gasteiger partial charge < -0.3 is 4.55 Å². The summed E-state index contributed by atoms with van der Waals surface area (Å²) in [7, 11) is 0.486. The second-order valence-electron chi connectivity index (χ2n) is 5.55. The van der Waals surface area contributed by atoms with Crippen molar-refractivity contribution < 1.29 is 21.8 Å². The summed E-state index contributed by atoms with van der Waals surface area (Å²) in [5.41, 5.74) is 4.55. The smallest absolute Gasteiger partial charge is 0.238 e. The molecule has 9 heteroatoms. The van der Waals surface area contributed by atoms with E-state index < -0.39 is 10.4 Å². The third kappa shape index (κ3) is 5.79. The zero-order valence-electron chi connectivity index (χ0n) is 14.9. The minimum absolute atomic E-state index is 0.746. The number of benzene rings is 2. The van der Waals surface area contributed by atoms with Crippen LogP contribution in [0.3, 0.4) is 0 Å². The SMILES string of the molecule is COS(=O)(=O)[O-].Cn1c(-c2ccc(Cl)cc2)cc(-c2ccc(Cl)cc2)[n+]1C. The highest BCUT2D eigenvalue weighted by Crippen LogP contribution is 2.26. The van der Waals surface area contributed by atoms with Crippen molar-refractivity contribution in [3.8, 4) is 22.5 Å². The largest absolute Gasteiger partial charge is 0.726 e. The molecule has 0 aliphatic carbocycles. The van der Waals surface area contributed by atoms with Crippen LogP contribution in [0.25, 0.3) is 22.5 Å². The Morgan fingerprint density at radius 2 is 1.37 bits per heavy atom. The quantitative estimate of drug-likeness (QED) is 0.362. The standard InChI is InChI=1S/C17H15Cl2N2.CH4O4S/c1-20-16(12-3-7-14(18)8-4-12)11-17(21(20)2)13-5-9-15(19)10-6-13;1-5-6(2,3)4/h3-11H,1-2H3;1H3,(H,2,3,4)/q+1;/p-1. The Hall–Kier alpha value is -1.90. The first-order valence-corrected chi connectivity index (χ1v) is 9.80. The molecule has 0 N–H and O–H groups in total. The molecule has 0 bridgehead atoms. The van der Waals surface area contributed by atoms with Crippen LogP contribution in [0.1, 0.15) is 0 Å². The fourth-order valence-corrected chi connectivity index (χ4v) is 2.67. The molecule has 0 amide bonds. The van der Waals surface area contributed by atoms with Crippen LogP contribution in [0.2, 0.25) is 10.0 Å². The minimum Gasteiger partial charge on any atom is -0.726 e. The highest BCUT2D eigenvalue weighted by Gasteiger charge is 2.19. The first-order valence-electron chi connectivity index (χ1n) is 7.71. The number of hydrogen-bond acceptors (Lipinski definition) is 4. The molecule has 0 aliphatic rings. The molecule has 0 radical (unpaired) electrons. The Kier molecular flexibility index (Phi) is 7.02. The molecule has 3 rings (SSSR count). The second kappa shape index (κ2) is 8.86. The topological polar surface area (TPSA) is 75.2 Å². The van der Waals surface area contributed by atoms with E-state index in [1.807, 2.05) is 62.6 Å². The van der Waals surface area contributed by atoms with Gasteiger partial charge in [0.15, 0.2) is 7.05 Å². The maximum absolute atomic E-state index is 9.22. The number of hydrogen-bond donors (Lipinski definition) is 0. The van der Waals surface area contributed by atoms with Gasteiger partial charge in [-0.3, -0.25) is 4.18 Å². The molecule has 1 aromatic heterocycles. The fraction of sp³-hybridized carbons (Fsp3) is 0.167. The summed E-state index contributed by atoms with van der Waals surface area (Å²) in [6.07, 6.45) is 0. The van der Waals surface area contributed by atoms with Crippen molar-refractivity contribution in [3.05, 3.63) is 64.6 Å². The molecule has 144 valence electrons. The van der Waals surface area contributed by atoms with E-state index in [9.17, 15) is 13.0 Å². The van der Waals surface area contributed by atoms with Gasteiger partial charge in [-0.2, -0.15) is 4.68 Å². The highest BCUT2D eigenvalue weighted by molar-refractivity contribution is 7.80. The van der Waals surface area contributed by atoms with Crippen LogP contribution in [-0.2, 0) is 28.7 Å². The van der Waals surface area contributed by atoms with Gasteiger partial charge in [0.25, 0.3) is 0 Å². The average molecular weight is 429 g/mol. The van der Waals surface area contributed by atoms with Gasteiger partial charge in [-0.1, -0.05) is 35.3 Å². The molecule has 0 spiro atoms. The maximum atomic E-state index is 9.22. The monoisotopic (exact) mass is 428 g/mol. The molecule has 0 saturated carbocycles. The Morgan fingerprint density at radius 1 is 0.963 bits per heavy atom. The fourth-order valence-electron chi connectivity index (χ4n) is 2.42. The maximum Gasteiger partial charge on any atom is 0.238 e. The van der Waals surface area contributed by atoms with Crippen LogP contribution in [0.4, 0.5) is 0 Å². The molecule has 0 atom stereocenters. The third-order valence-electron chi connectivity index (χ3n) is 3.90. The first-order chi connectivity index (χ1) is 12.6. The molecular formula is C18H18Cl2N2O4S. The highest BCUT2D eigenvalue weighted by atomic mass is 35.5. The Labute approximate surface area is 168 Å². The molecule has 0 unspecified atom stereocenters. The molecule has 3 aromatic rings. The van der Waals surface area contributed by atoms with E-state index >= 15 is 0 Å². The first kappa shape index (κ1) is 21.4. The van der Waals surface area contributed by atoms with Crippen molar-refractivity contribution in [1.82, 2.24) is 4.68 Å². The lowest BCUT2D eigenvalue weighted by Crippen LogP contribution is -2.39. The Balaban J connectivity index is 0.000000380. The summed E-state index contributed by atoms with van der Waals surface area (Å²) in [5.74, 6) is 0. The van der Waals surface area contributed by atoms with E-state index in [1.54, 1.807) is 0 Å². The summed E-state index contributed by atoms with van der Waals surface area (Å²) in [4.78, 5) is 0. The molecule has 0 aliphatic heterocycles. The van der Waals surface area contributed by atoms with Gasteiger partial charge in [0.1, 0.15) is 5.69 Å². The van der Waals surface area contributed by atoms with Gasteiger partial charge in [-0.15, -0.1) is 4.68 Å². The number of halogens is 2. The summed E-state index contributed by atoms with van der Waals surface area (Å²) in [5, 5.41) is 1.49. The lowest BCUT2D eigenvalue weighted by atomic mass is 10.1. The van der Waals surface area contributed by atoms with Crippen LogP contribution in [-0.4, -0.2) is 24.8 Å². The van der Waals surface area contributed by atoms with Crippen molar-refractivity contribution in [2.24, 2.45) is 14.1 Å². The number of nitrogens with zero attached hydrogens (tertiary/aromatic N) is 2. The van der Waals surface area contributed by atoms with Crippen molar-refractivity contribution in [2.45, 2.75) is 0 Å². The zero-order valence-corrected chi connectivity index (χ0v) is 17.2. The Bertz CT molecular complexity index is 949. The summed E-state index contributed by atoms with van der Waals surface area (Å²) < 4.78 is 35.3. The number of aromatic nitrogens is 2. The van der Waals surface area contributed by atoms with Crippen molar-refractivity contribution in [3.63, 3.8) is 0 Å². The average Bonchev–Trinajstić information content (AvgIpc) is 2.92. The van der Waals surface area contributed by atoms with E-state index in [0.717, 1.165) is 39.7 Å². The summed E-state index contributed by atoms with van der Waals surface area (Å²) in [6, 6.07) is 17.9. The Morgan fingerprint density at radius 3 is 1.78 bits per heavy atom. The second-order valence-corrected chi connectivity index (χ2v) is 7.57. The van der Waals surface area contributed by atoms with Gasteiger partial charge in [0.05, 0.1) is 14.2 Å². The minimum atomic E-state index is -4.41. The van der Waals surface area contributed by atoms with Gasteiger partial charge in [0, 0.05) is 27.2 Å². The van der Waals surface area contributed by atoms with E-state index in [1.165, 1.54) is 0 Å². The number of rotatable bonds is 3. The summed E-state index contributed by atoms with van der Waals surface area (Å²) in [6.45, 7) is 0. The van der Waals surface area contributed by atoms with Crippen molar-refractivity contribution >= 4 is 33.6 Å². The normalized spacial score (nSPS) is 11.0. The lowest BCUT2D eigenvalue weighted by molar-refractivity contribution is -0.740. The van der Waals surface area contributed by atoms with Gasteiger partial charge in [-0.05, 0) is 36.4 Å². The van der Waals surface area contributed by atoms with Crippen LogP contribution in [0.15, 0.2) is 54.6 Å². The zero-order chi connectivity index (χ0) is 20.2. The molecule has 0 saturated heterocycles. The van der Waals surface area contributed by atoms with Gasteiger partial charge in [-0.25, -0.2) is 8.42 Å². The van der Waals surface area contributed by atoms with Crippen molar-refractivity contribution in [1.29, 1.82) is 0 Å². The molecule has 27 heavy (non-hydrogen) atoms. The molecule has 2 aromatic carbocycles. The lowest BCUT2D eigenvalue weighted by Gasteiger charge is -2.00. The van der Waals surface area contributed by atoms with Gasteiger partial charge in [0.2, 0.25) is 16.1 Å². The van der Waals surface area contributed by atoms with Crippen LogP contribution < -0.4 is 4.68 Å². The predicted molar refractivity (Wildman–Crippen MR) is 104 cm³/mol. The third-order valence-corrected chi connectivity index (χ3v) is 4.82. The summed E-state index contributed by atoms with van der Waals surface area (Å²) >= 11 is 11.9. The van der Waals surface area contributed by atoms with E-state index in [4.69, 9.17) is 23.2 Å². The van der Waals surface area contributed by atoms with E-state index in [2.05, 4.69) is 19.6 Å². The molecule has 1 heterocycles. The molecule has 6 nitrogen and oxygen atoms in total. The van der Waals surface area contributed by atoms with Gasteiger partial charge >= 0.3 is 0 Å². The van der Waals surface area contributed by atoms with Crippen LogP contribution in [0.5, 0.6) is 0 Å². The van der Waals surface area contributed by atoms with E-state index in [-0.39, 0.29) is 0 Å². The van der Waals surface area contributed by atoms with E-state index in [0.29, 0.717) is 0 Å². The van der Waals surface area contributed by atoms with Crippen molar-refractivity contribution in [2.75, 3.05) is 7.11 Å². The molecule has 0 fully saturated rings. The molecular weight excluding hydrogens is 411 g/mol. The van der Waals surface area contributed by atoms with Crippen LogP contribution >= 0.6 is 23.2 Å².